The summed E-state index contributed by atoms with van der Waals surface area (Å²) in [6.45, 7) is 3.16. The highest BCUT2D eigenvalue weighted by atomic mass is 35.5. The summed E-state index contributed by atoms with van der Waals surface area (Å²) in [5.74, 6) is -0.311. The Kier molecular flexibility index (Phi) is 7.75. The van der Waals surface area contributed by atoms with Crippen LogP contribution in [0.15, 0.2) is 47.4 Å². The number of nitrogens with one attached hydrogen (secondary N) is 1. The van der Waals surface area contributed by atoms with E-state index in [1.165, 1.54) is 10.4 Å². The number of likely N-dealkylation sites (N-methyl/N-ethyl adjacent to an activating group) is 1. The number of sulfonamides is 1. The zero-order valence-corrected chi connectivity index (χ0v) is 19.8. The molecule has 1 fully saturated rings. The van der Waals surface area contributed by atoms with Crippen molar-refractivity contribution in [2.45, 2.75) is 37.1 Å². The number of benzene rings is 2. The summed E-state index contributed by atoms with van der Waals surface area (Å²) in [6, 6.07) is 12.3. The quantitative estimate of drug-likeness (QED) is 0.677. The number of rotatable bonds is 7. The molecule has 0 aromatic heterocycles. The molecule has 168 valence electrons. The highest BCUT2D eigenvalue weighted by Crippen LogP contribution is 2.26. The van der Waals surface area contributed by atoms with Crippen LogP contribution in [0, 0.1) is 6.92 Å². The minimum Gasteiger partial charge on any atom is -0.350 e. The molecule has 1 N–H and O–H groups in total. The summed E-state index contributed by atoms with van der Waals surface area (Å²) in [7, 11) is 0.237. The summed E-state index contributed by atoms with van der Waals surface area (Å²) in [4.78, 5) is 15.1. The number of aryl methyl sites for hydroxylation is 1. The van der Waals surface area contributed by atoms with Gasteiger partial charge in [-0.3, -0.25) is 4.79 Å². The SMILES string of the molecule is Cc1ccc(C(=O)NC[C@H](c2ccccc2Cl)N(C)C)cc1S(=O)(=O)N1CCCCC1. The fourth-order valence-electron chi connectivity index (χ4n) is 3.87. The molecule has 1 aliphatic rings. The predicted octanol–water partition coefficient (Wildman–Crippen LogP) is 3.86. The Morgan fingerprint density at radius 2 is 1.81 bits per heavy atom. The molecule has 0 spiro atoms. The third-order valence-electron chi connectivity index (χ3n) is 5.73. The number of piperidine rings is 1. The van der Waals surface area contributed by atoms with E-state index in [4.69, 9.17) is 11.6 Å². The molecule has 0 saturated carbocycles. The van der Waals surface area contributed by atoms with Gasteiger partial charge in [-0.25, -0.2) is 8.42 Å². The molecule has 0 aliphatic carbocycles. The normalized spacial score (nSPS) is 16.3. The first-order valence-electron chi connectivity index (χ1n) is 10.5. The van der Waals surface area contributed by atoms with Gasteiger partial charge in [-0.15, -0.1) is 0 Å². The summed E-state index contributed by atoms with van der Waals surface area (Å²) in [5, 5.41) is 3.58. The Balaban J connectivity index is 1.79. The van der Waals surface area contributed by atoms with Crippen LogP contribution in [-0.2, 0) is 10.0 Å². The Morgan fingerprint density at radius 1 is 1.13 bits per heavy atom. The van der Waals surface area contributed by atoms with Crippen LogP contribution >= 0.6 is 11.6 Å². The number of hydrogen-bond donors (Lipinski definition) is 1. The fraction of sp³-hybridized carbons (Fsp3) is 0.435. The highest BCUT2D eigenvalue weighted by Gasteiger charge is 2.28. The van der Waals surface area contributed by atoms with Crippen molar-refractivity contribution in [1.82, 2.24) is 14.5 Å². The van der Waals surface area contributed by atoms with Crippen LogP contribution in [0.3, 0.4) is 0 Å². The number of halogens is 1. The molecule has 1 atom stereocenters. The molecule has 0 unspecified atom stereocenters. The number of carbonyl (C=O) groups excluding carboxylic acids is 1. The number of hydrogen-bond acceptors (Lipinski definition) is 4. The molecule has 1 saturated heterocycles. The molecule has 0 bridgehead atoms. The van der Waals surface area contributed by atoms with Crippen molar-refractivity contribution in [2.24, 2.45) is 0 Å². The van der Waals surface area contributed by atoms with Gasteiger partial charge in [0.15, 0.2) is 0 Å². The molecular formula is C23H30ClN3O3S. The van der Waals surface area contributed by atoms with E-state index in [2.05, 4.69) is 5.32 Å². The van der Waals surface area contributed by atoms with Gasteiger partial charge >= 0.3 is 0 Å². The number of nitrogens with zero attached hydrogens (tertiary/aromatic N) is 2. The van der Waals surface area contributed by atoms with Gasteiger partial charge in [0.1, 0.15) is 0 Å². The highest BCUT2D eigenvalue weighted by molar-refractivity contribution is 7.89. The van der Waals surface area contributed by atoms with E-state index in [0.717, 1.165) is 24.8 Å². The summed E-state index contributed by atoms with van der Waals surface area (Å²) in [6.07, 6.45) is 2.78. The third kappa shape index (κ3) is 5.47. The maximum atomic E-state index is 13.1. The van der Waals surface area contributed by atoms with Crippen LogP contribution in [-0.4, -0.2) is 57.3 Å². The van der Waals surface area contributed by atoms with Gasteiger partial charge in [0.2, 0.25) is 10.0 Å². The van der Waals surface area contributed by atoms with E-state index in [0.29, 0.717) is 35.8 Å². The van der Waals surface area contributed by atoms with Gasteiger partial charge in [-0.2, -0.15) is 4.31 Å². The molecular weight excluding hydrogens is 434 g/mol. The number of amides is 1. The minimum atomic E-state index is -3.61. The lowest BCUT2D eigenvalue weighted by molar-refractivity contribution is 0.0941. The van der Waals surface area contributed by atoms with Crippen molar-refractivity contribution < 1.29 is 13.2 Å². The van der Waals surface area contributed by atoms with Crippen molar-refractivity contribution in [3.63, 3.8) is 0 Å². The second-order valence-corrected chi connectivity index (χ2v) is 10.5. The monoisotopic (exact) mass is 463 g/mol. The van der Waals surface area contributed by atoms with Gasteiger partial charge < -0.3 is 10.2 Å². The molecule has 3 rings (SSSR count). The lowest BCUT2D eigenvalue weighted by Gasteiger charge is -2.27. The molecule has 1 heterocycles. The molecule has 31 heavy (non-hydrogen) atoms. The first-order valence-corrected chi connectivity index (χ1v) is 12.3. The predicted molar refractivity (Wildman–Crippen MR) is 124 cm³/mol. The van der Waals surface area contributed by atoms with Gasteiger partial charge in [0, 0.05) is 30.2 Å². The minimum absolute atomic E-state index is 0.111. The first kappa shape index (κ1) is 23.7. The van der Waals surface area contributed by atoms with Gasteiger partial charge in [-0.1, -0.05) is 42.3 Å². The third-order valence-corrected chi connectivity index (χ3v) is 8.11. The average molecular weight is 464 g/mol. The van der Waals surface area contributed by atoms with E-state index in [1.54, 1.807) is 19.1 Å². The lowest BCUT2D eigenvalue weighted by Crippen LogP contribution is -2.36. The number of carbonyl (C=O) groups is 1. The second-order valence-electron chi connectivity index (χ2n) is 8.16. The standard InChI is InChI=1S/C23H30ClN3O3S/c1-17-11-12-18(15-22(17)31(29,30)27-13-7-4-8-14-27)23(28)25-16-21(26(2)3)19-9-5-6-10-20(19)24/h5-6,9-12,15,21H,4,7-8,13-14,16H2,1-3H3,(H,25,28)/t21-/m1/s1. The average Bonchev–Trinajstić information content (AvgIpc) is 2.75. The molecule has 2 aromatic rings. The van der Waals surface area contributed by atoms with E-state index < -0.39 is 10.0 Å². The van der Waals surface area contributed by atoms with Crippen molar-refractivity contribution in [3.05, 3.63) is 64.2 Å². The van der Waals surface area contributed by atoms with Crippen LogP contribution < -0.4 is 5.32 Å². The van der Waals surface area contributed by atoms with E-state index in [-0.39, 0.29) is 16.8 Å². The van der Waals surface area contributed by atoms with Gasteiger partial charge in [-0.05, 0) is 63.2 Å². The van der Waals surface area contributed by atoms with Crippen molar-refractivity contribution in [2.75, 3.05) is 33.7 Å². The van der Waals surface area contributed by atoms with Crippen molar-refractivity contribution in [1.29, 1.82) is 0 Å². The molecule has 6 nitrogen and oxygen atoms in total. The molecule has 1 amide bonds. The summed E-state index contributed by atoms with van der Waals surface area (Å²) < 4.78 is 27.8. The Bertz CT molecular complexity index is 1030. The van der Waals surface area contributed by atoms with Crippen molar-refractivity contribution in [3.8, 4) is 0 Å². The zero-order chi connectivity index (χ0) is 22.6. The van der Waals surface area contributed by atoms with E-state index in [9.17, 15) is 13.2 Å². The van der Waals surface area contributed by atoms with E-state index in [1.807, 2.05) is 43.3 Å². The molecule has 1 aliphatic heterocycles. The lowest BCUT2D eigenvalue weighted by atomic mass is 10.1. The Morgan fingerprint density at radius 3 is 2.45 bits per heavy atom. The van der Waals surface area contributed by atoms with Crippen LogP contribution in [0.5, 0.6) is 0 Å². The molecule has 0 radical (unpaired) electrons. The van der Waals surface area contributed by atoms with Crippen LogP contribution in [0.4, 0.5) is 0 Å². The fourth-order valence-corrected chi connectivity index (χ4v) is 5.90. The summed E-state index contributed by atoms with van der Waals surface area (Å²) >= 11 is 6.35. The maximum Gasteiger partial charge on any atom is 0.251 e. The maximum absolute atomic E-state index is 13.1. The van der Waals surface area contributed by atoms with Crippen molar-refractivity contribution >= 4 is 27.5 Å². The Labute approximate surface area is 190 Å². The van der Waals surface area contributed by atoms with Crippen LogP contribution in [0.1, 0.15) is 46.8 Å². The molecule has 2 aromatic carbocycles. The van der Waals surface area contributed by atoms with Gasteiger partial charge in [0.05, 0.1) is 10.9 Å². The first-order chi connectivity index (χ1) is 14.7. The Hall–Kier alpha value is -1.93. The van der Waals surface area contributed by atoms with Crippen LogP contribution in [0.2, 0.25) is 5.02 Å². The zero-order valence-electron chi connectivity index (χ0n) is 18.3. The topological polar surface area (TPSA) is 69.7 Å². The van der Waals surface area contributed by atoms with Gasteiger partial charge in [0.25, 0.3) is 5.91 Å². The summed E-state index contributed by atoms with van der Waals surface area (Å²) in [5.41, 5.74) is 1.90. The van der Waals surface area contributed by atoms with Crippen LogP contribution in [0.25, 0.3) is 0 Å². The smallest absolute Gasteiger partial charge is 0.251 e. The second kappa shape index (κ2) is 10.1. The largest absolute Gasteiger partial charge is 0.350 e. The van der Waals surface area contributed by atoms with E-state index >= 15 is 0 Å². The molecule has 8 heteroatoms.